The lowest BCUT2D eigenvalue weighted by atomic mass is 10.1. The lowest BCUT2D eigenvalue weighted by molar-refractivity contribution is 0.102. The van der Waals surface area contributed by atoms with Gasteiger partial charge in [0.1, 0.15) is 10.4 Å². The molecule has 1 amide bonds. The van der Waals surface area contributed by atoms with Crippen molar-refractivity contribution in [2.45, 2.75) is 6.92 Å². The summed E-state index contributed by atoms with van der Waals surface area (Å²) in [6, 6.07) is 7.85. The van der Waals surface area contributed by atoms with Gasteiger partial charge in [0.15, 0.2) is 0 Å². The van der Waals surface area contributed by atoms with E-state index in [9.17, 15) is 9.18 Å². The standard InChI is InChI=1S/C13H10BrFN2O/c1-8-4-5-9(10(15)7-8)13(18)17-11-3-2-6-16-12(11)14/h2-7H,1H3,(H,17,18). The Morgan fingerprint density at radius 1 is 1.39 bits per heavy atom. The van der Waals surface area contributed by atoms with Crippen LogP contribution in [0.5, 0.6) is 0 Å². The van der Waals surface area contributed by atoms with Gasteiger partial charge in [0.25, 0.3) is 5.91 Å². The Balaban J connectivity index is 2.25. The first-order chi connectivity index (χ1) is 8.58. The fourth-order valence-corrected chi connectivity index (χ4v) is 1.82. The molecule has 0 atom stereocenters. The van der Waals surface area contributed by atoms with E-state index in [1.54, 1.807) is 31.3 Å². The molecule has 0 aliphatic heterocycles. The highest BCUT2D eigenvalue weighted by atomic mass is 79.9. The molecule has 2 aromatic rings. The van der Waals surface area contributed by atoms with Gasteiger partial charge in [-0.3, -0.25) is 4.79 Å². The maximum Gasteiger partial charge on any atom is 0.258 e. The number of rotatable bonds is 2. The van der Waals surface area contributed by atoms with E-state index in [1.807, 2.05) is 0 Å². The van der Waals surface area contributed by atoms with E-state index in [2.05, 4.69) is 26.2 Å². The first kappa shape index (κ1) is 12.7. The highest BCUT2D eigenvalue weighted by Gasteiger charge is 2.13. The van der Waals surface area contributed by atoms with E-state index in [4.69, 9.17) is 0 Å². The number of carbonyl (C=O) groups is 1. The third-order valence-electron chi connectivity index (χ3n) is 2.38. The summed E-state index contributed by atoms with van der Waals surface area (Å²) in [4.78, 5) is 15.9. The molecule has 0 saturated carbocycles. The second-order valence-electron chi connectivity index (χ2n) is 3.78. The van der Waals surface area contributed by atoms with Crippen molar-refractivity contribution >= 4 is 27.5 Å². The van der Waals surface area contributed by atoms with Gasteiger partial charge >= 0.3 is 0 Å². The highest BCUT2D eigenvalue weighted by molar-refractivity contribution is 9.10. The maximum absolute atomic E-state index is 13.6. The molecule has 1 N–H and O–H groups in total. The zero-order chi connectivity index (χ0) is 13.1. The van der Waals surface area contributed by atoms with Crippen LogP contribution in [-0.2, 0) is 0 Å². The fourth-order valence-electron chi connectivity index (χ4n) is 1.47. The van der Waals surface area contributed by atoms with E-state index in [0.29, 0.717) is 10.3 Å². The number of hydrogen-bond donors (Lipinski definition) is 1. The summed E-state index contributed by atoms with van der Waals surface area (Å²) < 4.78 is 14.1. The SMILES string of the molecule is Cc1ccc(C(=O)Nc2cccnc2Br)c(F)c1. The van der Waals surface area contributed by atoms with Gasteiger partial charge < -0.3 is 5.32 Å². The average Bonchev–Trinajstić information content (AvgIpc) is 2.32. The van der Waals surface area contributed by atoms with Gasteiger partial charge in [-0.05, 0) is 52.7 Å². The van der Waals surface area contributed by atoms with E-state index in [0.717, 1.165) is 5.56 Å². The number of aromatic nitrogens is 1. The molecular weight excluding hydrogens is 299 g/mol. The number of nitrogens with one attached hydrogen (secondary N) is 1. The van der Waals surface area contributed by atoms with Crippen LogP contribution in [0, 0.1) is 12.7 Å². The predicted molar refractivity (Wildman–Crippen MR) is 71.0 cm³/mol. The zero-order valence-electron chi connectivity index (χ0n) is 9.58. The first-order valence-corrected chi connectivity index (χ1v) is 6.05. The number of halogens is 2. The second-order valence-corrected chi connectivity index (χ2v) is 4.53. The highest BCUT2D eigenvalue weighted by Crippen LogP contribution is 2.20. The van der Waals surface area contributed by atoms with E-state index in [1.165, 1.54) is 12.1 Å². The number of hydrogen-bond acceptors (Lipinski definition) is 2. The Bertz CT molecular complexity index is 601. The van der Waals surface area contributed by atoms with Crippen LogP contribution < -0.4 is 5.32 Å². The summed E-state index contributed by atoms with van der Waals surface area (Å²) in [5.41, 5.74) is 1.28. The minimum Gasteiger partial charge on any atom is -0.320 e. The van der Waals surface area contributed by atoms with Crippen LogP contribution in [0.2, 0.25) is 0 Å². The number of anilines is 1. The third kappa shape index (κ3) is 2.73. The largest absolute Gasteiger partial charge is 0.320 e. The van der Waals surface area contributed by atoms with Crippen molar-refractivity contribution in [3.8, 4) is 0 Å². The van der Waals surface area contributed by atoms with Crippen LogP contribution in [0.1, 0.15) is 15.9 Å². The summed E-state index contributed by atoms with van der Waals surface area (Å²) in [5, 5.41) is 2.60. The molecule has 5 heteroatoms. The van der Waals surface area contributed by atoms with Crippen molar-refractivity contribution in [3.63, 3.8) is 0 Å². The smallest absolute Gasteiger partial charge is 0.258 e. The Labute approximate surface area is 112 Å². The molecule has 18 heavy (non-hydrogen) atoms. The summed E-state index contributed by atoms with van der Waals surface area (Å²) in [7, 11) is 0. The first-order valence-electron chi connectivity index (χ1n) is 5.26. The fraction of sp³-hybridized carbons (Fsp3) is 0.0769. The molecule has 3 nitrogen and oxygen atoms in total. The van der Waals surface area contributed by atoms with Crippen LogP contribution >= 0.6 is 15.9 Å². The number of aryl methyl sites for hydroxylation is 1. The van der Waals surface area contributed by atoms with Crippen LogP contribution in [0.3, 0.4) is 0 Å². The molecule has 0 bridgehead atoms. The molecule has 0 fully saturated rings. The lowest BCUT2D eigenvalue weighted by Gasteiger charge is -2.07. The molecular formula is C13H10BrFN2O. The summed E-state index contributed by atoms with van der Waals surface area (Å²) >= 11 is 3.21. The molecule has 1 aromatic heterocycles. The Morgan fingerprint density at radius 3 is 2.83 bits per heavy atom. The summed E-state index contributed by atoms with van der Waals surface area (Å²) in [6.07, 6.45) is 1.59. The maximum atomic E-state index is 13.6. The van der Waals surface area contributed by atoms with Crippen LogP contribution in [0.15, 0.2) is 41.1 Å². The molecule has 0 spiro atoms. The van der Waals surface area contributed by atoms with Crippen molar-refractivity contribution in [1.82, 2.24) is 4.98 Å². The van der Waals surface area contributed by atoms with E-state index >= 15 is 0 Å². The molecule has 0 unspecified atom stereocenters. The minimum atomic E-state index is -0.535. The van der Waals surface area contributed by atoms with Crippen molar-refractivity contribution in [2.75, 3.05) is 5.32 Å². The number of amides is 1. The van der Waals surface area contributed by atoms with Crippen LogP contribution in [-0.4, -0.2) is 10.9 Å². The Hall–Kier alpha value is -1.75. The van der Waals surface area contributed by atoms with Crippen LogP contribution in [0.4, 0.5) is 10.1 Å². The summed E-state index contributed by atoms with van der Waals surface area (Å²) in [5.74, 6) is -1.03. The summed E-state index contributed by atoms with van der Waals surface area (Å²) in [6.45, 7) is 1.77. The van der Waals surface area contributed by atoms with Crippen LogP contribution in [0.25, 0.3) is 0 Å². The topological polar surface area (TPSA) is 42.0 Å². The molecule has 1 heterocycles. The predicted octanol–water partition coefficient (Wildman–Crippen LogP) is 3.54. The van der Waals surface area contributed by atoms with Gasteiger partial charge in [0.05, 0.1) is 11.3 Å². The number of pyridine rings is 1. The van der Waals surface area contributed by atoms with Gasteiger partial charge in [-0.15, -0.1) is 0 Å². The van der Waals surface area contributed by atoms with E-state index in [-0.39, 0.29) is 5.56 Å². The normalized spacial score (nSPS) is 10.2. The van der Waals surface area contributed by atoms with Crippen molar-refractivity contribution < 1.29 is 9.18 Å². The second kappa shape index (κ2) is 5.27. The van der Waals surface area contributed by atoms with Gasteiger partial charge in [0.2, 0.25) is 0 Å². The number of nitrogens with zero attached hydrogens (tertiary/aromatic N) is 1. The molecule has 0 saturated heterocycles. The molecule has 0 radical (unpaired) electrons. The van der Waals surface area contributed by atoms with Crippen molar-refractivity contribution in [2.24, 2.45) is 0 Å². The number of carbonyl (C=O) groups excluding carboxylic acids is 1. The Morgan fingerprint density at radius 2 is 2.17 bits per heavy atom. The lowest BCUT2D eigenvalue weighted by Crippen LogP contribution is -2.14. The molecule has 2 rings (SSSR count). The van der Waals surface area contributed by atoms with Crippen molar-refractivity contribution in [3.05, 3.63) is 58.1 Å². The van der Waals surface area contributed by atoms with Crippen molar-refractivity contribution in [1.29, 1.82) is 0 Å². The van der Waals surface area contributed by atoms with Gasteiger partial charge in [-0.25, -0.2) is 9.37 Å². The third-order valence-corrected chi connectivity index (χ3v) is 3.01. The average molecular weight is 309 g/mol. The zero-order valence-corrected chi connectivity index (χ0v) is 11.2. The minimum absolute atomic E-state index is 0.0105. The molecule has 0 aliphatic rings. The molecule has 92 valence electrons. The molecule has 0 aliphatic carbocycles. The van der Waals surface area contributed by atoms with E-state index < -0.39 is 11.7 Å². The molecule has 1 aromatic carbocycles. The Kier molecular flexibility index (Phi) is 3.72. The quantitative estimate of drug-likeness (QED) is 0.862. The van der Waals surface area contributed by atoms with Gasteiger partial charge in [-0.1, -0.05) is 6.07 Å². The van der Waals surface area contributed by atoms with Gasteiger partial charge in [-0.2, -0.15) is 0 Å². The monoisotopic (exact) mass is 308 g/mol. The van der Waals surface area contributed by atoms with Gasteiger partial charge in [0, 0.05) is 6.20 Å². The number of benzene rings is 1.